The average Bonchev–Trinajstić information content (AvgIpc) is 2.70. The molecule has 0 fully saturated rings. The molecule has 0 bridgehead atoms. The topological polar surface area (TPSA) is 73.9 Å². The normalized spacial score (nSPS) is 11.5. The third-order valence-corrected chi connectivity index (χ3v) is 5.42. The van der Waals surface area contributed by atoms with E-state index in [-0.39, 0.29) is 11.7 Å². The van der Waals surface area contributed by atoms with Crippen LogP contribution < -0.4 is 14.8 Å². The third kappa shape index (κ3) is 6.71. The van der Waals surface area contributed by atoms with Crippen LogP contribution in [0, 0.1) is 13.8 Å². The summed E-state index contributed by atoms with van der Waals surface area (Å²) in [4.78, 5) is 25.4. The fourth-order valence-corrected chi connectivity index (χ4v) is 3.50. The zero-order chi connectivity index (χ0) is 21.4. The summed E-state index contributed by atoms with van der Waals surface area (Å²) >= 11 is 1.40. The van der Waals surface area contributed by atoms with Gasteiger partial charge in [-0.15, -0.1) is 11.8 Å². The monoisotopic (exact) mass is 417 g/mol. The Morgan fingerprint density at radius 2 is 1.76 bits per heavy atom. The molecular formula is C22H27NO5S. The lowest BCUT2D eigenvalue weighted by Gasteiger charge is -2.14. The van der Waals surface area contributed by atoms with Gasteiger partial charge in [-0.1, -0.05) is 23.8 Å². The van der Waals surface area contributed by atoms with Gasteiger partial charge in [0.2, 0.25) is 0 Å². The summed E-state index contributed by atoms with van der Waals surface area (Å²) in [6, 6.07) is 11.5. The number of amides is 1. The highest BCUT2D eigenvalue weighted by Gasteiger charge is 2.18. The Labute approximate surface area is 175 Å². The van der Waals surface area contributed by atoms with E-state index in [9.17, 15) is 9.59 Å². The van der Waals surface area contributed by atoms with Crippen LogP contribution in [-0.4, -0.2) is 38.0 Å². The molecule has 7 heteroatoms. The van der Waals surface area contributed by atoms with Gasteiger partial charge in [0.15, 0.2) is 17.6 Å². The molecule has 1 amide bonds. The number of benzene rings is 2. The number of aryl methyl sites for hydroxylation is 2. The number of esters is 1. The van der Waals surface area contributed by atoms with E-state index < -0.39 is 12.1 Å². The van der Waals surface area contributed by atoms with Crippen LogP contribution >= 0.6 is 11.8 Å². The summed E-state index contributed by atoms with van der Waals surface area (Å²) in [6.45, 7) is 5.88. The Hall–Kier alpha value is -2.67. The highest BCUT2D eigenvalue weighted by molar-refractivity contribution is 8.00. The van der Waals surface area contributed by atoms with Crippen LogP contribution in [0.15, 0.2) is 41.3 Å². The summed E-state index contributed by atoms with van der Waals surface area (Å²) in [5, 5.41) is 2.76. The molecule has 156 valence electrons. The van der Waals surface area contributed by atoms with Crippen LogP contribution in [0.4, 0.5) is 0 Å². The summed E-state index contributed by atoms with van der Waals surface area (Å²) in [5.74, 6) is 0.568. The second kappa shape index (κ2) is 10.8. The Kier molecular flexibility index (Phi) is 8.39. The molecule has 0 aliphatic carbocycles. The van der Waals surface area contributed by atoms with E-state index in [1.165, 1.54) is 17.3 Å². The standard InChI is InChI=1S/C22H27NO5S/c1-14-6-9-20(15(2)10-14)29-13-21(24)28-16(3)22(25)23-12-17-7-8-18(26-4)19(11-17)27-5/h6-11,16H,12-13H2,1-5H3,(H,23,25)/t16-/m0/s1. The maximum absolute atomic E-state index is 12.2. The Morgan fingerprint density at radius 1 is 1.03 bits per heavy atom. The van der Waals surface area contributed by atoms with Gasteiger partial charge in [-0.05, 0) is 50.1 Å². The van der Waals surface area contributed by atoms with E-state index in [4.69, 9.17) is 14.2 Å². The first-order valence-electron chi connectivity index (χ1n) is 9.22. The van der Waals surface area contributed by atoms with E-state index in [2.05, 4.69) is 11.4 Å². The largest absolute Gasteiger partial charge is 0.493 e. The molecule has 1 N–H and O–H groups in total. The zero-order valence-corrected chi connectivity index (χ0v) is 18.2. The van der Waals surface area contributed by atoms with Crippen molar-refractivity contribution in [3.63, 3.8) is 0 Å². The SMILES string of the molecule is COc1ccc(CNC(=O)[C@H](C)OC(=O)CSc2ccc(C)cc2C)cc1OC. The van der Waals surface area contributed by atoms with Crippen LogP contribution in [0.25, 0.3) is 0 Å². The number of hydrogen-bond donors (Lipinski definition) is 1. The lowest BCUT2D eigenvalue weighted by atomic mass is 10.2. The molecule has 1 atom stereocenters. The molecule has 2 aromatic rings. The smallest absolute Gasteiger partial charge is 0.317 e. The van der Waals surface area contributed by atoms with E-state index in [1.807, 2.05) is 32.0 Å². The van der Waals surface area contributed by atoms with Gasteiger partial charge in [0.1, 0.15) is 0 Å². The van der Waals surface area contributed by atoms with Gasteiger partial charge in [-0.3, -0.25) is 9.59 Å². The average molecular weight is 418 g/mol. The Bertz CT molecular complexity index is 868. The predicted molar refractivity (Wildman–Crippen MR) is 114 cm³/mol. The van der Waals surface area contributed by atoms with Gasteiger partial charge in [0.25, 0.3) is 5.91 Å². The second-order valence-electron chi connectivity index (χ2n) is 6.60. The third-order valence-electron chi connectivity index (χ3n) is 4.27. The number of ether oxygens (including phenoxy) is 3. The number of thioether (sulfide) groups is 1. The van der Waals surface area contributed by atoms with Crippen molar-refractivity contribution < 1.29 is 23.8 Å². The quantitative estimate of drug-likeness (QED) is 0.496. The highest BCUT2D eigenvalue weighted by atomic mass is 32.2. The fraction of sp³-hybridized carbons (Fsp3) is 0.364. The van der Waals surface area contributed by atoms with Crippen LogP contribution in [0.5, 0.6) is 11.5 Å². The van der Waals surface area contributed by atoms with Gasteiger partial charge in [-0.2, -0.15) is 0 Å². The van der Waals surface area contributed by atoms with Crippen molar-refractivity contribution in [2.24, 2.45) is 0 Å². The van der Waals surface area contributed by atoms with Gasteiger partial charge >= 0.3 is 5.97 Å². The second-order valence-corrected chi connectivity index (χ2v) is 7.61. The van der Waals surface area contributed by atoms with Crippen molar-refractivity contribution in [2.45, 2.75) is 38.3 Å². The minimum atomic E-state index is -0.873. The molecule has 0 unspecified atom stereocenters. The van der Waals surface area contributed by atoms with E-state index >= 15 is 0 Å². The number of hydrogen-bond acceptors (Lipinski definition) is 6. The van der Waals surface area contributed by atoms with Gasteiger partial charge in [0, 0.05) is 11.4 Å². The number of nitrogens with one attached hydrogen (secondary N) is 1. The van der Waals surface area contributed by atoms with Crippen LogP contribution in [0.1, 0.15) is 23.6 Å². The molecular weight excluding hydrogens is 390 g/mol. The number of carbonyl (C=O) groups excluding carboxylic acids is 2. The van der Waals surface area contributed by atoms with Crippen LogP contribution in [-0.2, 0) is 20.9 Å². The number of rotatable bonds is 9. The van der Waals surface area contributed by atoms with Crippen molar-refractivity contribution in [3.05, 3.63) is 53.1 Å². The molecule has 0 aliphatic rings. The van der Waals surface area contributed by atoms with Crippen molar-refractivity contribution in [1.29, 1.82) is 0 Å². The lowest BCUT2D eigenvalue weighted by Crippen LogP contribution is -2.35. The molecule has 0 saturated heterocycles. The van der Waals surface area contributed by atoms with Gasteiger partial charge in [-0.25, -0.2) is 0 Å². The number of methoxy groups -OCH3 is 2. The number of carbonyl (C=O) groups is 2. The van der Waals surface area contributed by atoms with E-state index in [0.29, 0.717) is 18.0 Å². The maximum atomic E-state index is 12.2. The van der Waals surface area contributed by atoms with Crippen molar-refractivity contribution in [2.75, 3.05) is 20.0 Å². The molecule has 0 heterocycles. The summed E-state index contributed by atoms with van der Waals surface area (Å²) < 4.78 is 15.7. The molecule has 0 radical (unpaired) electrons. The fourth-order valence-electron chi connectivity index (χ4n) is 2.71. The summed E-state index contributed by atoms with van der Waals surface area (Å²) in [6.07, 6.45) is -0.873. The maximum Gasteiger partial charge on any atom is 0.317 e. The molecule has 0 aromatic heterocycles. The zero-order valence-electron chi connectivity index (χ0n) is 17.4. The summed E-state index contributed by atoms with van der Waals surface area (Å²) in [5.41, 5.74) is 3.14. The minimum Gasteiger partial charge on any atom is -0.493 e. The first-order valence-corrected chi connectivity index (χ1v) is 10.2. The molecule has 2 aromatic carbocycles. The molecule has 0 aliphatic heterocycles. The van der Waals surface area contributed by atoms with Crippen molar-refractivity contribution in [1.82, 2.24) is 5.32 Å². The van der Waals surface area contributed by atoms with E-state index in [0.717, 1.165) is 16.0 Å². The summed E-state index contributed by atoms with van der Waals surface area (Å²) in [7, 11) is 3.12. The molecule has 6 nitrogen and oxygen atoms in total. The predicted octanol–water partition coefficient (Wildman–Crippen LogP) is 3.66. The molecule has 29 heavy (non-hydrogen) atoms. The van der Waals surface area contributed by atoms with Crippen LogP contribution in [0.2, 0.25) is 0 Å². The molecule has 0 saturated carbocycles. The van der Waals surface area contributed by atoms with Crippen molar-refractivity contribution in [3.8, 4) is 11.5 Å². The van der Waals surface area contributed by atoms with Gasteiger partial charge in [0.05, 0.1) is 20.0 Å². The van der Waals surface area contributed by atoms with Crippen LogP contribution in [0.3, 0.4) is 0 Å². The lowest BCUT2D eigenvalue weighted by molar-refractivity contribution is -0.152. The van der Waals surface area contributed by atoms with Crippen molar-refractivity contribution >= 4 is 23.6 Å². The Morgan fingerprint density at radius 3 is 2.41 bits per heavy atom. The highest BCUT2D eigenvalue weighted by Crippen LogP contribution is 2.27. The molecule has 0 spiro atoms. The van der Waals surface area contributed by atoms with Gasteiger partial charge < -0.3 is 19.5 Å². The van der Waals surface area contributed by atoms with E-state index in [1.54, 1.807) is 33.3 Å². The first kappa shape index (κ1) is 22.6. The Balaban J connectivity index is 1.81. The first-order chi connectivity index (χ1) is 13.8. The minimum absolute atomic E-state index is 0.150. The molecule has 2 rings (SSSR count).